The van der Waals surface area contributed by atoms with Gasteiger partial charge in [0.05, 0.1) is 11.1 Å². The maximum atomic E-state index is 11.0. The zero-order valence-electron chi connectivity index (χ0n) is 11.2. The van der Waals surface area contributed by atoms with Crippen LogP contribution in [-0.4, -0.2) is 38.8 Å². The van der Waals surface area contributed by atoms with Crippen LogP contribution in [-0.2, 0) is 0 Å². The highest BCUT2D eigenvalue weighted by Gasteiger charge is 2.11. The summed E-state index contributed by atoms with van der Waals surface area (Å²) in [4.78, 5) is 19.3. The topological polar surface area (TPSA) is 95.3 Å². The van der Waals surface area contributed by atoms with Crippen molar-refractivity contribution in [1.82, 2.24) is 9.97 Å². The molecule has 0 saturated carbocycles. The quantitative estimate of drug-likeness (QED) is 0.745. The van der Waals surface area contributed by atoms with Crippen LogP contribution in [0.4, 0.5) is 5.82 Å². The van der Waals surface area contributed by atoms with Crippen LogP contribution in [0.2, 0.25) is 0 Å². The average molecular weight is 275 g/mol. The van der Waals surface area contributed by atoms with Gasteiger partial charge in [0, 0.05) is 18.0 Å². The van der Waals surface area contributed by atoms with E-state index in [4.69, 9.17) is 10.2 Å². The molecule has 1 aromatic heterocycles. The van der Waals surface area contributed by atoms with Gasteiger partial charge in [-0.1, -0.05) is 6.92 Å². The van der Waals surface area contributed by atoms with Crippen LogP contribution in [0, 0.1) is 0 Å². The summed E-state index contributed by atoms with van der Waals surface area (Å²) >= 11 is 0. The molecule has 6 heteroatoms. The molecule has 1 unspecified atom stereocenters. The number of aliphatic hydroxyl groups excluding tert-OH is 1. The summed E-state index contributed by atoms with van der Waals surface area (Å²) in [5.74, 6) is -0.320. The number of aromatic nitrogens is 2. The second kappa shape index (κ2) is 6.29. The summed E-state index contributed by atoms with van der Waals surface area (Å²) < 4.78 is 0. The number of carboxylic acids is 1. The molecule has 2 aromatic rings. The summed E-state index contributed by atoms with van der Waals surface area (Å²) in [5, 5.41) is 22.0. The molecule has 2 rings (SSSR count). The largest absolute Gasteiger partial charge is 0.478 e. The smallest absolute Gasteiger partial charge is 0.335 e. The van der Waals surface area contributed by atoms with Crippen LogP contribution in [0.25, 0.3) is 10.9 Å². The lowest BCUT2D eigenvalue weighted by Gasteiger charge is -2.17. The number of hydrogen-bond donors (Lipinski definition) is 3. The SMILES string of the molecule is CCC(CCO)Nc1ncnc2cc(C(=O)O)ccc12. The second-order valence-corrected chi connectivity index (χ2v) is 4.52. The molecule has 0 radical (unpaired) electrons. The van der Waals surface area contributed by atoms with Gasteiger partial charge in [0.15, 0.2) is 0 Å². The average Bonchev–Trinajstić information content (AvgIpc) is 2.46. The highest BCUT2D eigenvalue weighted by molar-refractivity contribution is 5.96. The van der Waals surface area contributed by atoms with E-state index >= 15 is 0 Å². The van der Waals surface area contributed by atoms with E-state index in [9.17, 15) is 4.79 Å². The van der Waals surface area contributed by atoms with Crippen molar-refractivity contribution in [3.8, 4) is 0 Å². The van der Waals surface area contributed by atoms with Gasteiger partial charge in [0.2, 0.25) is 0 Å². The van der Waals surface area contributed by atoms with Gasteiger partial charge in [-0.25, -0.2) is 14.8 Å². The maximum Gasteiger partial charge on any atom is 0.335 e. The Kier molecular flexibility index (Phi) is 4.47. The zero-order chi connectivity index (χ0) is 14.5. The normalized spacial score (nSPS) is 12.3. The summed E-state index contributed by atoms with van der Waals surface area (Å²) in [6, 6.07) is 4.88. The third-order valence-corrected chi connectivity index (χ3v) is 3.19. The number of hydrogen-bond acceptors (Lipinski definition) is 5. The van der Waals surface area contributed by atoms with Crippen molar-refractivity contribution in [3.63, 3.8) is 0 Å². The molecule has 3 N–H and O–H groups in total. The maximum absolute atomic E-state index is 11.0. The highest BCUT2D eigenvalue weighted by Crippen LogP contribution is 2.22. The molecule has 0 amide bonds. The van der Waals surface area contributed by atoms with E-state index in [2.05, 4.69) is 15.3 Å². The number of rotatable bonds is 6. The summed E-state index contributed by atoms with van der Waals surface area (Å²) in [5.41, 5.74) is 0.783. The number of aromatic carboxylic acids is 1. The highest BCUT2D eigenvalue weighted by atomic mass is 16.4. The molecule has 0 aliphatic rings. The van der Waals surface area contributed by atoms with E-state index < -0.39 is 5.97 Å². The van der Waals surface area contributed by atoms with Crippen molar-refractivity contribution in [2.24, 2.45) is 0 Å². The van der Waals surface area contributed by atoms with Crippen molar-refractivity contribution in [1.29, 1.82) is 0 Å². The molecule has 6 nitrogen and oxygen atoms in total. The zero-order valence-corrected chi connectivity index (χ0v) is 11.2. The minimum Gasteiger partial charge on any atom is -0.478 e. The van der Waals surface area contributed by atoms with Crippen LogP contribution in [0.15, 0.2) is 24.5 Å². The van der Waals surface area contributed by atoms with E-state index in [1.54, 1.807) is 6.07 Å². The van der Waals surface area contributed by atoms with Crippen LogP contribution < -0.4 is 5.32 Å². The number of anilines is 1. The van der Waals surface area contributed by atoms with E-state index in [0.29, 0.717) is 17.8 Å². The van der Waals surface area contributed by atoms with Crippen LogP contribution >= 0.6 is 0 Å². The standard InChI is InChI=1S/C14H17N3O3/c1-2-10(5-6-18)17-13-11-4-3-9(14(19)20)7-12(11)15-8-16-13/h3-4,7-8,10,18H,2,5-6H2,1H3,(H,19,20)(H,15,16,17). The molecular formula is C14H17N3O3. The van der Waals surface area contributed by atoms with Gasteiger partial charge in [-0.15, -0.1) is 0 Å². The minimum atomic E-state index is -0.980. The number of benzene rings is 1. The number of aliphatic hydroxyl groups is 1. The van der Waals surface area contributed by atoms with Crippen LogP contribution in [0.1, 0.15) is 30.1 Å². The first-order chi connectivity index (χ1) is 9.65. The molecule has 1 heterocycles. The van der Waals surface area contributed by atoms with Gasteiger partial charge in [-0.3, -0.25) is 0 Å². The van der Waals surface area contributed by atoms with Crippen molar-refractivity contribution in [2.45, 2.75) is 25.8 Å². The second-order valence-electron chi connectivity index (χ2n) is 4.52. The summed E-state index contributed by atoms with van der Waals surface area (Å²) in [6.07, 6.45) is 2.90. The van der Waals surface area contributed by atoms with E-state index in [0.717, 1.165) is 11.8 Å². The van der Waals surface area contributed by atoms with Gasteiger partial charge >= 0.3 is 5.97 Å². The first-order valence-corrected chi connectivity index (χ1v) is 6.51. The Labute approximate surface area is 116 Å². The number of carboxylic acid groups (broad SMARTS) is 1. The third-order valence-electron chi connectivity index (χ3n) is 3.19. The Balaban J connectivity index is 2.36. The Bertz CT molecular complexity index is 616. The van der Waals surface area contributed by atoms with Gasteiger partial charge in [-0.2, -0.15) is 0 Å². The van der Waals surface area contributed by atoms with Gasteiger partial charge in [0.25, 0.3) is 0 Å². The molecule has 0 fully saturated rings. The molecule has 0 aliphatic carbocycles. The number of nitrogens with one attached hydrogen (secondary N) is 1. The number of carbonyl (C=O) groups is 1. The fraction of sp³-hybridized carbons (Fsp3) is 0.357. The minimum absolute atomic E-state index is 0.109. The lowest BCUT2D eigenvalue weighted by atomic mass is 10.1. The molecule has 0 saturated heterocycles. The summed E-state index contributed by atoms with van der Waals surface area (Å²) in [7, 11) is 0. The van der Waals surface area contributed by atoms with Crippen molar-refractivity contribution >= 4 is 22.7 Å². The molecule has 0 aliphatic heterocycles. The Morgan fingerprint density at radius 2 is 2.20 bits per heavy atom. The summed E-state index contributed by atoms with van der Waals surface area (Å²) in [6.45, 7) is 2.14. The first-order valence-electron chi connectivity index (χ1n) is 6.51. The predicted molar refractivity (Wildman–Crippen MR) is 75.9 cm³/mol. The fourth-order valence-corrected chi connectivity index (χ4v) is 2.03. The lowest BCUT2D eigenvalue weighted by molar-refractivity contribution is 0.0697. The first kappa shape index (κ1) is 14.2. The van der Waals surface area contributed by atoms with Crippen molar-refractivity contribution in [2.75, 3.05) is 11.9 Å². The van der Waals surface area contributed by atoms with Gasteiger partial charge in [-0.05, 0) is 31.0 Å². The van der Waals surface area contributed by atoms with Crippen LogP contribution in [0.3, 0.4) is 0 Å². The molecule has 0 spiro atoms. The van der Waals surface area contributed by atoms with E-state index in [1.807, 2.05) is 6.92 Å². The van der Waals surface area contributed by atoms with E-state index in [-0.39, 0.29) is 18.2 Å². The molecule has 1 aromatic carbocycles. The predicted octanol–water partition coefficient (Wildman–Crippen LogP) is 1.90. The fourth-order valence-electron chi connectivity index (χ4n) is 2.03. The number of nitrogens with zero attached hydrogens (tertiary/aromatic N) is 2. The van der Waals surface area contributed by atoms with Gasteiger partial charge < -0.3 is 15.5 Å². The van der Waals surface area contributed by atoms with Gasteiger partial charge in [0.1, 0.15) is 12.1 Å². The third kappa shape index (κ3) is 3.03. The van der Waals surface area contributed by atoms with E-state index in [1.165, 1.54) is 18.5 Å². The molecule has 106 valence electrons. The van der Waals surface area contributed by atoms with Crippen LogP contribution in [0.5, 0.6) is 0 Å². The Morgan fingerprint density at radius 3 is 2.85 bits per heavy atom. The monoisotopic (exact) mass is 275 g/mol. The molecule has 1 atom stereocenters. The number of fused-ring (bicyclic) bond motifs is 1. The lowest BCUT2D eigenvalue weighted by Crippen LogP contribution is -2.20. The van der Waals surface area contributed by atoms with Crippen molar-refractivity contribution < 1.29 is 15.0 Å². The molecular weight excluding hydrogens is 258 g/mol. The van der Waals surface area contributed by atoms with Crippen molar-refractivity contribution in [3.05, 3.63) is 30.1 Å². The Morgan fingerprint density at radius 1 is 1.40 bits per heavy atom. The molecule has 20 heavy (non-hydrogen) atoms. The Hall–Kier alpha value is -2.21. The molecule has 0 bridgehead atoms.